The van der Waals surface area contributed by atoms with Gasteiger partial charge in [0.2, 0.25) is 0 Å². The van der Waals surface area contributed by atoms with Crippen LogP contribution in [0.25, 0.3) is 0 Å². The van der Waals surface area contributed by atoms with Crippen molar-refractivity contribution in [2.75, 3.05) is 10.5 Å². The van der Waals surface area contributed by atoms with E-state index in [4.69, 9.17) is 17.3 Å². The molecule has 0 saturated heterocycles. The fraction of sp³-hybridized carbons (Fsp3) is 0. The van der Waals surface area contributed by atoms with Crippen LogP contribution >= 0.6 is 27.5 Å². The molecule has 0 aliphatic heterocycles. The molecule has 0 amide bonds. The van der Waals surface area contributed by atoms with Crippen LogP contribution in [-0.2, 0) is 10.0 Å². The first-order valence-corrected chi connectivity index (χ1v) is 7.98. The number of rotatable bonds is 3. The Hall–Kier alpha value is -1.31. The van der Waals surface area contributed by atoms with Crippen molar-refractivity contribution >= 4 is 48.9 Å². The quantitative estimate of drug-likeness (QED) is 0.800. The Labute approximate surface area is 128 Å². The lowest BCUT2D eigenvalue weighted by Gasteiger charge is -2.11. The molecule has 0 aromatic heterocycles. The van der Waals surface area contributed by atoms with Crippen LogP contribution in [0.3, 0.4) is 0 Å². The van der Waals surface area contributed by atoms with Crippen molar-refractivity contribution in [3.05, 3.63) is 51.7 Å². The Morgan fingerprint density at radius 3 is 2.55 bits per heavy atom. The molecule has 0 saturated carbocycles. The number of nitrogen functional groups attached to an aromatic ring is 1. The summed E-state index contributed by atoms with van der Waals surface area (Å²) < 4.78 is 40.8. The minimum Gasteiger partial charge on any atom is -0.399 e. The van der Waals surface area contributed by atoms with Gasteiger partial charge >= 0.3 is 0 Å². The second kappa shape index (κ2) is 5.59. The molecule has 2 aromatic carbocycles. The van der Waals surface area contributed by atoms with Crippen molar-refractivity contribution in [2.24, 2.45) is 0 Å². The van der Waals surface area contributed by atoms with Gasteiger partial charge in [-0.3, -0.25) is 4.72 Å². The van der Waals surface area contributed by atoms with Crippen LogP contribution in [0.5, 0.6) is 0 Å². The summed E-state index contributed by atoms with van der Waals surface area (Å²) >= 11 is 9.12. The predicted octanol–water partition coefficient (Wildman–Crippen LogP) is 3.62. The number of anilines is 2. The zero-order valence-corrected chi connectivity index (χ0v) is 13.1. The van der Waals surface area contributed by atoms with E-state index in [1.807, 2.05) is 0 Å². The third kappa shape index (κ3) is 3.23. The van der Waals surface area contributed by atoms with Gasteiger partial charge in [0.05, 0.1) is 10.7 Å². The molecule has 0 aliphatic rings. The molecule has 2 aromatic rings. The second-order valence-corrected chi connectivity index (χ2v) is 6.89. The van der Waals surface area contributed by atoms with Crippen LogP contribution in [-0.4, -0.2) is 8.42 Å². The Kier molecular flexibility index (Phi) is 4.22. The van der Waals surface area contributed by atoms with Crippen molar-refractivity contribution in [3.63, 3.8) is 0 Å². The van der Waals surface area contributed by atoms with E-state index in [0.717, 1.165) is 12.1 Å². The molecule has 3 N–H and O–H groups in total. The van der Waals surface area contributed by atoms with Crippen LogP contribution in [0, 0.1) is 5.82 Å². The van der Waals surface area contributed by atoms with Gasteiger partial charge in [-0.1, -0.05) is 27.5 Å². The van der Waals surface area contributed by atoms with Gasteiger partial charge in [-0.2, -0.15) is 0 Å². The van der Waals surface area contributed by atoms with E-state index in [0.29, 0.717) is 4.47 Å². The van der Waals surface area contributed by atoms with E-state index >= 15 is 0 Å². The van der Waals surface area contributed by atoms with Crippen LogP contribution < -0.4 is 10.5 Å². The van der Waals surface area contributed by atoms with Crippen LogP contribution in [0.1, 0.15) is 0 Å². The molecule has 0 heterocycles. The second-order valence-electron chi connectivity index (χ2n) is 3.92. The largest absolute Gasteiger partial charge is 0.399 e. The topological polar surface area (TPSA) is 72.2 Å². The van der Waals surface area contributed by atoms with E-state index in [1.165, 1.54) is 18.2 Å². The molecular weight excluding hydrogens is 371 g/mol. The maximum atomic E-state index is 13.6. The lowest BCUT2D eigenvalue weighted by Crippen LogP contribution is -2.15. The molecule has 106 valence electrons. The van der Waals surface area contributed by atoms with Crippen molar-refractivity contribution in [2.45, 2.75) is 4.90 Å². The highest BCUT2D eigenvalue weighted by molar-refractivity contribution is 9.10. The summed E-state index contributed by atoms with van der Waals surface area (Å²) in [4.78, 5) is -0.531. The number of nitrogens with one attached hydrogen (secondary N) is 1. The number of hydrogen-bond donors (Lipinski definition) is 2. The molecule has 0 unspecified atom stereocenters. The normalized spacial score (nSPS) is 11.3. The SMILES string of the molecule is Nc1ccc(F)c(S(=O)(=O)Nc2ccc(Br)cc2Cl)c1. The van der Waals surface area contributed by atoms with Gasteiger partial charge < -0.3 is 5.73 Å². The molecule has 8 heteroatoms. The summed E-state index contributed by atoms with van der Waals surface area (Å²) in [6.07, 6.45) is 0. The van der Waals surface area contributed by atoms with Crippen LogP contribution in [0.2, 0.25) is 5.02 Å². The summed E-state index contributed by atoms with van der Waals surface area (Å²) in [5.74, 6) is -0.889. The van der Waals surface area contributed by atoms with Gasteiger partial charge in [0.1, 0.15) is 10.7 Å². The molecule has 0 bridgehead atoms. The Morgan fingerprint density at radius 1 is 1.20 bits per heavy atom. The molecular formula is C12H9BrClFN2O2S. The lowest BCUT2D eigenvalue weighted by molar-refractivity contribution is 0.570. The molecule has 2 rings (SSSR count). The fourth-order valence-corrected chi connectivity index (χ4v) is 3.47. The highest BCUT2D eigenvalue weighted by atomic mass is 79.9. The molecule has 0 atom stereocenters. The van der Waals surface area contributed by atoms with Crippen molar-refractivity contribution in [1.29, 1.82) is 0 Å². The van der Waals surface area contributed by atoms with Gasteiger partial charge in [0, 0.05) is 10.2 Å². The first-order valence-electron chi connectivity index (χ1n) is 5.32. The summed E-state index contributed by atoms with van der Waals surface area (Å²) in [6, 6.07) is 7.92. The summed E-state index contributed by atoms with van der Waals surface area (Å²) in [6.45, 7) is 0. The lowest BCUT2D eigenvalue weighted by atomic mass is 10.3. The monoisotopic (exact) mass is 378 g/mol. The fourth-order valence-electron chi connectivity index (χ4n) is 1.50. The number of benzene rings is 2. The Bertz CT molecular complexity index is 768. The van der Waals surface area contributed by atoms with Crippen molar-refractivity contribution < 1.29 is 12.8 Å². The first kappa shape index (κ1) is 15.1. The van der Waals surface area contributed by atoms with Crippen LogP contribution in [0.15, 0.2) is 45.8 Å². The average molecular weight is 380 g/mol. The van der Waals surface area contributed by atoms with E-state index in [-0.39, 0.29) is 16.4 Å². The Morgan fingerprint density at radius 2 is 1.90 bits per heavy atom. The van der Waals surface area contributed by atoms with Gasteiger partial charge in [0.25, 0.3) is 10.0 Å². The van der Waals surface area contributed by atoms with E-state index < -0.39 is 20.7 Å². The Balaban J connectivity index is 2.43. The zero-order chi connectivity index (χ0) is 14.9. The highest BCUT2D eigenvalue weighted by Gasteiger charge is 2.20. The smallest absolute Gasteiger partial charge is 0.264 e. The van der Waals surface area contributed by atoms with Gasteiger partial charge in [-0.15, -0.1) is 0 Å². The van der Waals surface area contributed by atoms with Crippen LogP contribution in [0.4, 0.5) is 15.8 Å². The highest BCUT2D eigenvalue weighted by Crippen LogP contribution is 2.28. The van der Waals surface area contributed by atoms with Crippen molar-refractivity contribution in [3.8, 4) is 0 Å². The molecule has 0 aliphatic carbocycles. The summed E-state index contributed by atoms with van der Waals surface area (Å²) in [5.41, 5.74) is 5.77. The summed E-state index contributed by atoms with van der Waals surface area (Å²) in [5, 5.41) is 0.187. The summed E-state index contributed by atoms with van der Waals surface area (Å²) in [7, 11) is -4.11. The zero-order valence-electron chi connectivity index (χ0n) is 9.90. The maximum Gasteiger partial charge on any atom is 0.264 e. The van der Waals surface area contributed by atoms with Crippen molar-refractivity contribution in [1.82, 2.24) is 0 Å². The van der Waals surface area contributed by atoms with E-state index in [9.17, 15) is 12.8 Å². The van der Waals surface area contributed by atoms with Gasteiger partial charge in [0.15, 0.2) is 0 Å². The third-order valence-corrected chi connectivity index (χ3v) is 4.61. The molecule has 20 heavy (non-hydrogen) atoms. The molecule has 0 fully saturated rings. The minimum absolute atomic E-state index is 0.147. The van der Waals surface area contributed by atoms with Gasteiger partial charge in [-0.25, -0.2) is 12.8 Å². The molecule has 4 nitrogen and oxygen atoms in total. The van der Waals surface area contributed by atoms with Gasteiger partial charge in [-0.05, 0) is 36.4 Å². The maximum absolute atomic E-state index is 13.6. The number of halogens is 3. The number of sulfonamides is 1. The number of hydrogen-bond acceptors (Lipinski definition) is 3. The third-order valence-electron chi connectivity index (χ3n) is 2.42. The molecule has 0 radical (unpaired) electrons. The standard InChI is InChI=1S/C12H9BrClFN2O2S/c13-7-1-4-11(9(14)5-7)17-20(18,19)12-6-8(16)2-3-10(12)15/h1-6,17H,16H2. The minimum atomic E-state index is -4.11. The number of nitrogens with two attached hydrogens (primary N) is 1. The molecule has 0 spiro atoms. The van der Waals surface area contributed by atoms with E-state index in [2.05, 4.69) is 20.7 Å². The first-order chi connectivity index (χ1) is 9.29. The average Bonchev–Trinajstić information content (AvgIpc) is 2.35. The predicted molar refractivity (Wildman–Crippen MR) is 80.8 cm³/mol. The van der Waals surface area contributed by atoms with E-state index in [1.54, 1.807) is 6.07 Å².